The number of aryl methyl sites for hydroxylation is 2. The minimum absolute atomic E-state index is 0.138. The van der Waals surface area contributed by atoms with Gasteiger partial charge >= 0.3 is 0 Å². The molecule has 0 saturated carbocycles. The van der Waals surface area contributed by atoms with Crippen molar-refractivity contribution in [1.29, 1.82) is 0 Å². The van der Waals surface area contributed by atoms with Crippen LogP contribution in [0.3, 0.4) is 0 Å². The average Bonchev–Trinajstić information content (AvgIpc) is 2.87. The average molecular weight is 331 g/mol. The van der Waals surface area contributed by atoms with Gasteiger partial charge in [0.1, 0.15) is 0 Å². The first-order chi connectivity index (χ1) is 11.5. The number of hydrogen-bond donors (Lipinski definition) is 1. The predicted octanol–water partition coefficient (Wildman–Crippen LogP) is 2.73. The Labute approximate surface area is 142 Å². The van der Waals surface area contributed by atoms with Crippen molar-refractivity contribution in [1.82, 2.24) is 15.1 Å². The summed E-state index contributed by atoms with van der Waals surface area (Å²) in [6.07, 6.45) is 0. The molecule has 1 aromatic heterocycles. The van der Waals surface area contributed by atoms with Crippen LogP contribution < -0.4 is 14.8 Å². The molecule has 0 spiro atoms. The van der Waals surface area contributed by atoms with E-state index < -0.39 is 0 Å². The topological polar surface area (TPSA) is 65.4 Å². The maximum absolute atomic E-state index is 12.3. The van der Waals surface area contributed by atoms with Crippen molar-refractivity contribution in [2.24, 2.45) is 0 Å². The summed E-state index contributed by atoms with van der Waals surface area (Å²) in [6.45, 7) is 9.99. The number of nitrogens with zero attached hydrogens (tertiary/aromatic N) is 2. The highest BCUT2D eigenvalue weighted by atomic mass is 16.5. The largest absolute Gasteiger partial charge is 0.490 e. The molecule has 130 valence electrons. The lowest BCUT2D eigenvalue weighted by atomic mass is 10.2. The van der Waals surface area contributed by atoms with E-state index in [0.29, 0.717) is 43.4 Å². The van der Waals surface area contributed by atoms with Gasteiger partial charge in [0.25, 0.3) is 5.91 Å². The summed E-state index contributed by atoms with van der Waals surface area (Å²) in [5.41, 5.74) is 2.61. The smallest absolute Gasteiger partial charge is 0.251 e. The lowest BCUT2D eigenvalue weighted by Gasteiger charge is -2.12. The molecular weight excluding hydrogens is 306 g/mol. The van der Waals surface area contributed by atoms with Crippen molar-refractivity contribution < 1.29 is 14.3 Å². The van der Waals surface area contributed by atoms with Crippen LogP contribution in [0.5, 0.6) is 11.5 Å². The van der Waals surface area contributed by atoms with Gasteiger partial charge in [-0.3, -0.25) is 9.48 Å². The van der Waals surface area contributed by atoms with Crippen molar-refractivity contribution in [3.63, 3.8) is 0 Å². The zero-order valence-corrected chi connectivity index (χ0v) is 14.8. The molecule has 0 aliphatic carbocycles. The molecule has 0 saturated heterocycles. The van der Waals surface area contributed by atoms with Crippen molar-refractivity contribution in [3.8, 4) is 11.5 Å². The van der Waals surface area contributed by atoms with E-state index in [4.69, 9.17) is 9.47 Å². The van der Waals surface area contributed by atoms with Crippen molar-refractivity contribution in [3.05, 3.63) is 41.2 Å². The number of rotatable bonds is 8. The summed E-state index contributed by atoms with van der Waals surface area (Å²) in [6, 6.07) is 7.24. The van der Waals surface area contributed by atoms with Gasteiger partial charge in [-0.05, 0) is 52.0 Å². The van der Waals surface area contributed by atoms with Crippen molar-refractivity contribution in [2.45, 2.75) is 34.2 Å². The fourth-order valence-corrected chi connectivity index (χ4v) is 2.47. The third-order valence-electron chi connectivity index (χ3n) is 3.52. The molecule has 0 bridgehead atoms. The maximum atomic E-state index is 12.3. The first-order valence-electron chi connectivity index (χ1n) is 8.24. The number of benzene rings is 1. The summed E-state index contributed by atoms with van der Waals surface area (Å²) < 4.78 is 13.0. The van der Waals surface area contributed by atoms with E-state index in [1.165, 1.54) is 0 Å². The van der Waals surface area contributed by atoms with E-state index in [1.54, 1.807) is 18.2 Å². The van der Waals surface area contributed by atoms with E-state index in [0.717, 1.165) is 11.4 Å². The number of ether oxygens (including phenoxy) is 2. The Balaban J connectivity index is 1.98. The van der Waals surface area contributed by atoms with Gasteiger partial charge < -0.3 is 14.8 Å². The fraction of sp³-hybridized carbons (Fsp3) is 0.444. The summed E-state index contributed by atoms with van der Waals surface area (Å²) in [5.74, 6) is 1.10. The van der Waals surface area contributed by atoms with E-state index in [9.17, 15) is 4.79 Å². The highest BCUT2D eigenvalue weighted by Crippen LogP contribution is 2.28. The molecular formula is C18H25N3O3. The monoisotopic (exact) mass is 331 g/mol. The van der Waals surface area contributed by atoms with Gasteiger partial charge in [-0.25, -0.2) is 0 Å². The molecule has 2 aromatic rings. The molecule has 1 amide bonds. The SMILES string of the molecule is CCOc1ccc(C(=O)NCCn2nc(C)cc2C)cc1OCC. The quantitative estimate of drug-likeness (QED) is 0.808. The second-order valence-corrected chi connectivity index (χ2v) is 5.43. The van der Waals surface area contributed by atoms with Gasteiger partial charge in [0.15, 0.2) is 11.5 Å². The second kappa shape index (κ2) is 8.38. The van der Waals surface area contributed by atoms with Crippen LogP contribution in [0.15, 0.2) is 24.3 Å². The number of aromatic nitrogens is 2. The molecule has 0 fully saturated rings. The lowest BCUT2D eigenvalue weighted by Crippen LogP contribution is -2.27. The van der Waals surface area contributed by atoms with Crippen LogP contribution >= 0.6 is 0 Å². The zero-order valence-electron chi connectivity index (χ0n) is 14.8. The van der Waals surface area contributed by atoms with Crippen LogP contribution in [0.25, 0.3) is 0 Å². The first kappa shape index (κ1) is 17.8. The number of carbonyl (C=O) groups excluding carboxylic acids is 1. The van der Waals surface area contributed by atoms with Gasteiger partial charge in [-0.1, -0.05) is 0 Å². The third kappa shape index (κ3) is 4.50. The number of hydrogen-bond acceptors (Lipinski definition) is 4. The summed E-state index contributed by atoms with van der Waals surface area (Å²) >= 11 is 0. The standard InChI is InChI=1S/C18H25N3O3/c1-5-23-16-8-7-15(12-17(16)24-6-2)18(22)19-9-10-21-14(4)11-13(3)20-21/h7-8,11-12H,5-6,9-10H2,1-4H3,(H,19,22). The first-order valence-corrected chi connectivity index (χ1v) is 8.24. The maximum Gasteiger partial charge on any atom is 0.251 e. The second-order valence-electron chi connectivity index (χ2n) is 5.43. The molecule has 0 aliphatic heterocycles. The van der Waals surface area contributed by atoms with Crippen LogP contribution in [-0.2, 0) is 6.54 Å². The Morgan fingerprint density at radius 1 is 1.12 bits per heavy atom. The van der Waals surface area contributed by atoms with Crippen molar-refractivity contribution in [2.75, 3.05) is 19.8 Å². The van der Waals surface area contributed by atoms with Crippen LogP contribution in [0.4, 0.5) is 0 Å². The molecule has 1 heterocycles. The van der Waals surface area contributed by atoms with Gasteiger partial charge in [-0.2, -0.15) is 5.10 Å². The third-order valence-corrected chi connectivity index (χ3v) is 3.52. The molecule has 0 unspecified atom stereocenters. The Kier molecular flexibility index (Phi) is 6.23. The van der Waals surface area contributed by atoms with Crippen LogP contribution in [-0.4, -0.2) is 35.4 Å². The number of nitrogens with one attached hydrogen (secondary N) is 1. The molecule has 1 aromatic carbocycles. The highest BCUT2D eigenvalue weighted by molar-refractivity contribution is 5.94. The molecule has 0 aliphatic rings. The summed E-state index contributed by atoms with van der Waals surface area (Å²) in [4.78, 5) is 12.3. The molecule has 24 heavy (non-hydrogen) atoms. The Bertz CT molecular complexity index is 695. The lowest BCUT2D eigenvalue weighted by molar-refractivity contribution is 0.0951. The highest BCUT2D eigenvalue weighted by Gasteiger charge is 2.11. The van der Waals surface area contributed by atoms with Gasteiger partial charge in [0.05, 0.1) is 25.5 Å². The zero-order chi connectivity index (χ0) is 17.5. The van der Waals surface area contributed by atoms with E-state index in [2.05, 4.69) is 10.4 Å². The molecule has 0 radical (unpaired) electrons. The summed E-state index contributed by atoms with van der Waals surface area (Å²) in [7, 11) is 0. The van der Waals surface area contributed by atoms with E-state index >= 15 is 0 Å². The number of amides is 1. The van der Waals surface area contributed by atoms with Crippen LogP contribution in [0.2, 0.25) is 0 Å². The van der Waals surface area contributed by atoms with E-state index in [1.807, 2.05) is 38.4 Å². The molecule has 0 atom stereocenters. The Morgan fingerprint density at radius 2 is 1.83 bits per heavy atom. The van der Waals surface area contributed by atoms with Gasteiger partial charge in [0.2, 0.25) is 0 Å². The fourth-order valence-electron chi connectivity index (χ4n) is 2.47. The number of carbonyl (C=O) groups is 1. The molecule has 2 rings (SSSR count). The van der Waals surface area contributed by atoms with Crippen LogP contribution in [0, 0.1) is 13.8 Å². The predicted molar refractivity (Wildman–Crippen MR) is 92.8 cm³/mol. The van der Waals surface area contributed by atoms with E-state index in [-0.39, 0.29) is 5.91 Å². The Morgan fingerprint density at radius 3 is 2.46 bits per heavy atom. The summed E-state index contributed by atoms with van der Waals surface area (Å²) in [5, 5.41) is 7.29. The molecule has 6 heteroatoms. The molecule has 6 nitrogen and oxygen atoms in total. The Hall–Kier alpha value is -2.50. The normalized spacial score (nSPS) is 10.5. The molecule has 1 N–H and O–H groups in total. The van der Waals surface area contributed by atoms with Crippen molar-refractivity contribution >= 4 is 5.91 Å². The van der Waals surface area contributed by atoms with Gasteiger partial charge in [0, 0.05) is 17.8 Å². The van der Waals surface area contributed by atoms with Gasteiger partial charge in [-0.15, -0.1) is 0 Å². The minimum Gasteiger partial charge on any atom is -0.490 e. The minimum atomic E-state index is -0.138. The van der Waals surface area contributed by atoms with Crippen LogP contribution in [0.1, 0.15) is 35.6 Å².